The van der Waals surface area contributed by atoms with Crippen LogP contribution in [0.4, 0.5) is 5.69 Å². The topological polar surface area (TPSA) is 43.8 Å². The molecule has 0 atom stereocenters. The first-order valence-electron chi connectivity index (χ1n) is 6.99. The second-order valence-electron chi connectivity index (χ2n) is 5.20. The Hall–Kier alpha value is -2.81. The molecule has 0 bridgehead atoms. The van der Waals surface area contributed by atoms with E-state index in [1.54, 1.807) is 6.20 Å². The molecule has 2 heterocycles. The molecule has 0 aliphatic carbocycles. The fourth-order valence-corrected chi connectivity index (χ4v) is 2.92. The summed E-state index contributed by atoms with van der Waals surface area (Å²) < 4.78 is 2.30. The van der Waals surface area contributed by atoms with Crippen LogP contribution in [0.5, 0.6) is 0 Å². The first-order valence-corrected chi connectivity index (χ1v) is 6.99. The molecular formula is C18H15N3. The maximum absolute atomic E-state index is 5.86. The van der Waals surface area contributed by atoms with Crippen molar-refractivity contribution in [2.75, 3.05) is 5.73 Å². The van der Waals surface area contributed by atoms with E-state index < -0.39 is 0 Å². The van der Waals surface area contributed by atoms with Crippen LogP contribution in [0, 0.1) is 0 Å². The Bertz CT molecular complexity index is 884. The maximum Gasteiger partial charge on any atom is 0.0655 e. The van der Waals surface area contributed by atoms with Gasteiger partial charge in [-0.05, 0) is 24.3 Å². The molecule has 4 aromatic rings. The number of fused-ring (bicyclic) bond motifs is 3. The molecule has 0 unspecified atom stereocenters. The third-order valence-electron chi connectivity index (χ3n) is 3.84. The van der Waals surface area contributed by atoms with Crippen molar-refractivity contribution in [2.45, 2.75) is 6.54 Å². The van der Waals surface area contributed by atoms with Gasteiger partial charge in [-0.2, -0.15) is 0 Å². The molecule has 2 aromatic carbocycles. The van der Waals surface area contributed by atoms with Gasteiger partial charge in [-0.15, -0.1) is 0 Å². The summed E-state index contributed by atoms with van der Waals surface area (Å²) in [6.45, 7) is 0.721. The highest BCUT2D eigenvalue weighted by Gasteiger charge is 2.10. The average Bonchev–Trinajstić information content (AvgIpc) is 2.83. The van der Waals surface area contributed by atoms with Crippen molar-refractivity contribution >= 4 is 27.5 Å². The van der Waals surface area contributed by atoms with E-state index in [0.29, 0.717) is 0 Å². The van der Waals surface area contributed by atoms with Gasteiger partial charge in [-0.3, -0.25) is 4.98 Å². The molecule has 0 saturated carbocycles. The first kappa shape index (κ1) is 12.0. The van der Waals surface area contributed by atoms with Crippen molar-refractivity contribution in [1.82, 2.24) is 9.55 Å². The minimum atomic E-state index is 0.721. The van der Waals surface area contributed by atoms with Crippen molar-refractivity contribution < 1.29 is 0 Å². The van der Waals surface area contributed by atoms with E-state index in [0.717, 1.165) is 17.9 Å². The Balaban J connectivity index is 1.97. The maximum atomic E-state index is 5.86. The zero-order valence-electron chi connectivity index (χ0n) is 11.5. The summed E-state index contributed by atoms with van der Waals surface area (Å²) in [6, 6.07) is 20.7. The van der Waals surface area contributed by atoms with E-state index in [-0.39, 0.29) is 0 Å². The van der Waals surface area contributed by atoms with E-state index in [1.165, 1.54) is 21.8 Å². The molecular weight excluding hydrogens is 258 g/mol. The molecule has 0 fully saturated rings. The highest BCUT2D eigenvalue weighted by atomic mass is 15.0. The van der Waals surface area contributed by atoms with Gasteiger partial charge in [0.05, 0.1) is 12.2 Å². The lowest BCUT2D eigenvalue weighted by Crippen LogP contribution is -2.02. The third-order valence-corrected chi connectivity index (χ3v) is 3.84. The average molecular weight is 273 g/mol. The van der Waals surface area contributed by atoms with Gasteiger partial charge in [0.1, 0.15) is 0 Å². The van der Waals surface area contributed by atoms with Gasteiger partial charge in [0.15, 0.2) is 0 Å². The van der Waals surface area contributed by atoms with Crippen LogP contribution in [0.2, 0.25) is 0 Å². The van der Waals surface area contributed by atoms with Gasteiger partial charge in [-0.1, -0.05) is 36.4 Å². The summed E-state index contributed by atoms with van der Waals surface area (Å²) in [6.07, 6.45) is 1.76. The molecule has 0 saturated heterocycles. The number of pyridine rings is 1. The van der Waals surface area contributed by atoms with Gasteiger partial charge < -0.3 is 10.3 Å². The Morgan fingerprint density at radius 2 is 1.48 bits per heavy atom. The van der Waals surface area contributed by atoms with Crippen LogP contribution in [0.3, 0.4) is 0 Å². The summed E-state index contributed by atoms with van der Waals surface area (Å²) in [5.74, 6) is 0. The fraction of sp³-hybridized carbons (Fsp3) is 0.0556. The van der Waals surface area contributed by atoms with E-state index in [1.807, 2.05) is 12.1 Å². The molecule has 0 spiro atoms. The summed E-state index contributed by atoms with van der Waals surface area (Å²) in [4.78, 5) is 4.43. The molecule has 0 aliphatic heterocycles. The van der Waals surface area contributed by atoms with Crippen LogP contribution < -0.4 is 5.73 Å². The molecule has 0 aliphatic rings. The second kappa shape index (κ2) is 4.63. The van der Waals surface area contributed by atoms with Crippen LogP contribution in [0.15, 0.2) is 66.9 Å². The molecule has 2 aromatic heterocycles. The number of para-hydroxylation sites is 2. The van der Waals surface area contributed by atoms with Gasteiger partial charge >= 0.3 is 0 Å². The molecule has 4 rings (SSSR count). The number of nitrogen functional groups attached to an aromatic ring is 1. The zero-order valence-corrected chi connectivity index (χ0v) is 11.5. The second-order valence-corrected chi connectivity index (χ2v) is 5.20. The number of hydrogen-bond donors (Lipinski definition) is 1. The Morgan fingerprint density at radius 1 is 0.857 bits per heavy atom. The molecule has 0 amide bonds. The van der Waals surface area contributed by atoms with Crippen molar-refractivity contribution in [3.8, 4) is 0 Å². The van der Waals surface area contributed by atoms with E-state index in [9.17, 15) is 0 Å². The van der Waals surface area contributed by atoms with Gasteiger partial charge in [0.2, 0.25) is 0 Å². The largest absolute Gasteiger partial charge is 0.399 e. The first-order chi connectivity index (χ1) is 10.3. The van der Waals surface area contributed by atoms with Crippen LogP contribution in [0.1, 0.15) is 5.69 Å². The summed E-state index contributed by atoms with van der Waals surface area (Å²) in [5.41, 5.74) is 10.0. The van der Waals surface area contributed by atoms with Crippen LogP contribution in [-0.4, -0.2) is 9.55 Å². The molecule has 3 nitrogen and oxygen atoms in total. The fourth-order valence-electron chi connectivity index (χ4n) is 2.92. The molecule has 3 heteroatoms. The quantitative estimate of drug-likeness (QED) is 0.603. The zero-order chi connectivity index (χ0) is 14.2. The standard InChI is InChI=1S/C18H15N3/c19-13-9-10-20-14(11-13)12-21-17-7-3-1-5-15(17)16-6-2-4-8-18(16)21/h1-11H,12H2,(H2,19,20). The number of nitrogens with two attached hydrogens (primary N) is 1. The SMILES string of the molecule is Nc1ccnc(Cn2c3ccccc3c3ccccc32)c1. The highest BCUT2D eigenvalue weighted by Crippen LogP contribution is 2.29. The Morgan fingerprint density at radius 3 is 2.10 bits per heavy atom. The number of nitrogens with zero attached hydrogens (tertiary/aromatic N) is 2. The Labute approximate surface area is 122 Å². The van der Waals surface area contributed by atoms with Crippen molar-refractivity contribution in [3.63, 3.8) is 0 Å². The lowest BCUT2D eigenvalue weighted by atomic mass is 10.2. The van der Waals surface area contributed by atoms with Gasteiger partial charge in [0.25, 0.3) is 0 Å². The number of aromatic nitrogens is 2. The van der Waals surface area contributed by atoms with Crippen LogP contribution >= 0.6 is 0 Å². The molecule has 2 N–H and O–H groups in total. The lowest BCUT2D eigenvalue weighted by molar-refractivity contribution is 0.836. The molecule has 21 heavy (non-hydrogen) atoms. The molecule has 0 radical (unpaired) electrons. The van der Waals surface area contributed by atoms with E-state index in [2.05, 4.69) is 58.1 Å². The highest BCUT2D eigenvalue weighted by molar-refractivity contribution is 6.08. The lowest BCUT2D eigenvalue weighted by Gasteiger charge is -2.07. The number of rotatable bonds is 2. The molecule has 102 valence electrons. The number of hydrogen-bond acceptors (Lipinski definition) is 2. The summed E-state index contributed by atoms with van der Waals surface area (Å²) >= 11 is 0. The Kier molecular flexibility index (Phi) is 2.64. The van der Waals surface area contributed by atoms with Crippen LogP contribution in [-0.2, 0) is 6.54 Å². The third kappa shape index (κ3) is 1.94. The summed E-state index contributed by atoms with van der Waals surface area (Å²) in [7, 11) is 0. The normalized spacial score (nSPS) is 11.2. The number of benzene rings is 2. The predicted octanol–water partition coefficient (Wildman–Crippen LogP) is 3.82. The van der Waals surface area contributed by atoms with Crippen molar-refractivity contribution in [1.29, 1.82) is 0 Å². The van der Waals surface area contributed by atoms with Crippen molar-refractivity contribution in [3.05, 3.63) is 72.6 Å². The van der Waals surface area contributed by atoms with E-state index >= 15 is 0 Å². The van der Waals surface area contributed by atoms with Gasteiger partial charge in [0, 0.05) is 33.7 Å². The minimum absolute atomic E-state index is 0.721. The number of anilines is 1. The summed E-state index contributed by atoms with van der Waals surface area (Å²) in [5, 5.41) is 2.55. The van der Waals surface area contributed by atoms with Crippen LogP contribution in [0.25, 0.3) is 21.8 Å². The predicted molar refractivity (Wildman–Crippen MR) is 87.2 cm³/mol. The van der Waals surface area contributed by atoms with E-state index in [4.69, 9.17) is 5.73 Å². The monoisotopic (exact) mass is 273 g/mol. The smallest absolute Gasteiger partial charge is 0.0655 e. The minimum Gasteiger partial charge on any atom is -0.399 e. The van der Waals surface area contributed by atoms with Gasteiger partial charge in [-0.25, -0.2) is 0 Å². The van der Waals surface area contributed by atoms with Crippen molar-refractivity contribution in [2.24, 2.45) is 0 Å².